The van der Waals surface area contributed by atoms with E-state index in [4.69, 9.17) is 4.98 Å². The van der Waals surface area contributed by atoms with Gasteiger partial charge < -0.3 is 4.98 Å². The lowest BCUT2D eigenvalue weighted by atomic mass is 9.93. The Morgan fingerprint density at radius 2 is 2.04 bits per heavy atom. The Kier molecular flexibility index (Phi) is 5.09. The zero-order valence-electron chi connectivity index (χ0n) is 15.8. The van der Waals surface area contributed by atoms with Gasteiger partial charge >= 0.3 is 0 Å². The first-order valence-corrected chi connectivity index (χ1v) is 9.23. The van der Waals surface area contributed by atoms with E-state index >= 15 is 0 Å². The van der Waals surface area contributed by atoms with Crippen molar-refractivity contribution in [2.24, 2.45) is 11.3 Å². The molecule has 0 amide bonds. The summed E-state index contributed by atoms with van der Waals surface area (Å²) < 4.78 is 0. The maximum atomic E-state index is 12.1. The first-order chi connectivity index (χ1) is 11.8. The van der Waals surface area contributed by atoms with Crippen LogP contribution in [0.1, 0.15) is 45.4 Å². The first-order valence-electron chi connectivity index (χ1n) is 9.23. The second-order valence-corrected chi connectivity index (χ2v) is 8.47. The van der Waals surface area contributed by atoms with E-state index in [1.54, 1.807) is 6.07 Å². The summed E-state index contributed by atoms with van der Waals surface area (Å²) >= 11 is 0. The molecule has 1 aromatic heterocycles. The Hall–Kier alpha value is -1.94. The third kappa shape index (κ3) is 4.57. The summed E-state index contributed by atoms with van der Waals surface area (Å²) in [6.45, 7) is 12.1. The molecule has 134 valence electrons. The Morgan fingerprint density at radius 3 is 2.72 bits per heavy atom. The van der Waals surface area contributed by atoms with Crippen LogP contribution < -0.4 is 5.56 Å². The molecule has 0 atom stereocenters. The van der Waals surface area contributed by atoms with Gasteiger partial charge in [-0.3, -0.25) is 9.69 Å². The van der Waals surface area contributed by atoms with Crippen LogP contribution in [0.2, 0.25) is 0 Å². The number of nitrogens with one attached hydrogen (secondary N) is 1. The number of aromatic amines is 1. The summed E-state index contributed by atoms with van der Waals surface area (Å²) in [5.41, 5.74) is 3.45. The second kappa shape index (κ2) is 7.12. The largest absolute Gasteiger partial charge is 0.307 e. The zero-order valence-corrected chi connectivity index (χ0v) is 15.8. The van der Waals surface area contributed by atoms with Crippen LogP contribution in [-0.2, 0) is 13.0 Å². The van der Waals surface area contributed by atoms with Gasteiger partial charge in [0.15, 0.2) is 0 Å². The second-order valence-electron chi connectivity index (χ2n) is 8.47. The average Bonchev–Trinajstić information content (AvgIpc) is 2.85. The molecule has 1 N–H and O–H groups in total. The van der Waals surface area contributed by atoms with Gasteiger partial charge in [-0.25, -0.2) is 4.98 Å². The number of aromatic nitrogens is 2. The van der Waals surface area contributed by atoms with Gasteiger partial charge in [-0.1, -0.05) is 52.0 Å². The van der Waals surface area contributed by atoms with E-state index < -0.39 is 0 Å². The highest BCUT2D eigenvalue weighted by Crippen LogP contribution is 2.31. The fourth-order valence-electron chi connectivity index (χ4n) is 3.65. The molecular weight excluding hydrogens is 310 g/mol. The molecule has 0 spiro atoms. The number of hydrogen-bond acceptors (Lipinski definition) is 3. The van der Waals surface area contributed by atoms with Crippen molar-refractivity contribution in [1.29, 1.82) is 0 Å². The van der Waals surface area contributed by atoms with E-state index in [1.807, 2.05) is 6.07 Å². The molecule has 2 heterocycles. The number of rotatable bonds is 5. The standard InChI is InChI=1S/C21H29N3O/c1-15(2)11-17-12-19(25)23-20(22-17)18-8-6-5-7-16(18)13-24-10-9-21(3,4)14-24/h5-8,12,15H,9-11,13-14H2,1-4H3,(H,22,23,25). The minimum atomic E-state index is -0.0715. The Balaban J connectivity index is 1.91. The maximum Gasteiger partial charge on any atom is 0.251 e. The van der Waals surface area contributed by atoms with Crippen LogP contribution in [0.3, 0.4) is 0 Å². The van der Waals surface area contributed by atoms with Crippen LogP contribution in [0.25, 0.3) is 11.4 Å². The van der Waals surface area contributed by atoms with Crippen molar-refractivity contribution in [1.82, 2.24) is 14.9 Å². The van der Waals surface area contributed by atoms with Crippen molar-refractivity contribution in [2.45, 2.75) is 47.1 Å². The van der Waals surface area contributed by atoms with Crippen LogP contribution in [0.4, 0.5) is 0 Å². The van der Waals surface area contributed by atoms with Crippen LogP contribution in [0.5, 0.6) is 0 Å². The van der Waals surface area contributed by atoms with Gasteiger partial charge in [-0.05, 0) is 36.3 Å². The van der Waals surface area contributed by atoms with Crippen molar-refractivity contribution in [3.8, 4) is 11.4 Å². The highest BCUT2D eigenvalue weighted by molar-refractivity contribution is 5.60. The van der Waals surface area contributed by atoms with Gasteiger partial charge in [0, 0.05) is 30.4 Å². The third-order valence-electron chi connectivity index (χ3n) is 4.83. The van der Waals surface area contributed by atoms with Crippen molar-refractivity contribution in [2.75, 3.05) is 13.1 Å². The molecule has 0 saturated carbocycles. The molecule has 0 radical (unpaired) electrons. The molecule has 4 nitrogen and oxygen atoms in total. The average molecular weight is 339 g/mol. The Labute approximate surface area is 150 Å². The number of H-pyrrole nitrogens is 1. The molecular formula is C21H29N3O. The smallest absolute Gasteiger partial charge is 0.251 e. The van der Waals surface area contributed by atoms with Gasteiger partial charge in [-0.2, -0.15) is 0 Å². The van der Waals surface area contributed by atoms with Crippen LogP contribution in [0, 0.1) is 11.3 Å². The quantitative estimate of drug-likeness (QED) is 0.900. The molecule has 1 aromatic carbocycles. The SMILES string of the molecule is CC(C)Cc1cc(=O)[nH]c(-c2ccccc2CN2CCC(C)(C)C2)n1. The van der Waals surface area contributed by atoms with Crippen molar-refractivity contribution in [3.05, 3.63) is 51.9 Å². The minimum absolute atomic E-state index is 0.0715. The van der Waals surface area contributed by atoms with E-state index in [2.05, 4.69) is 55.8 Å². The first kappa shape index (κ1) is 17.9. The van der Waals surface area contributed by atoms with E-state index in [9.17, 15) is 4.79 Å². The predicted molar refractivity (Wildman–Crippen MR) is 103 cm³/mol. The van der Waals surface area contributed by atoms with E-state index in [0.717, 1.165) is 37.3 Å². The summed E-state index contributed by atoms with van der Waals surface area (Å²) in [5.74, 6) is 1.17. The highest BCUT2D eigenvalue weighted by atomic mass is 16.1. The van der Waals surface area contributed by atoms with E-state index in [1.165, 1.54) is 12.0 Å². The van der Waals surface area contributed by atoms with Crippen LogP contribution in [0.15, 0.2) is 35.1 Å². The fourth-order valence-corrected chi connectivity index (χ4v) is 3.65. The summed E-state index contributed by atoms with van der Waals surface area (Å²) in [5, 5.41) is 0. The van der Waals surface area contributed by atoms with Gasteiger partial charge in [0.05, 0.1) is 0 Å². The molecule has 2 aromatic rings. The van der Waals surface area contributed by atoms with Gasteiger partial charge in [-0.15, -0.1) is 0 Å². The molecule has 1 saturated heterocycles. The Morgan fingerprint density at radius 1 is 1.28 bits per heavy atom. The number of benzene rings is 1. The van der Waals surface area contributed by atoms with Crippen molar-refractivity contribution in [3.63, 3.8) is 0 Å². The highest BCUT2D eigenvalue weighted by Gasteiger charge is 2.29. The summed E-state index contributed by atoms with van der Waals surface area (Å²) in [6, 6.07) is 9.91. The molecule has 0 aliphatic carbocycles. The van der Waals surface area contributed by atoms with Crippen molar-refractivity contribution < 1.29 is 0 Å². The van der Waals surface area contributed by atoms with Crippen LogP contribution >= 0.6 is 0 Å². The number of hydrogen-bond donors (Lipinski definition) is 1. The van der Waals surface area contributed by atoms with Crippen LogP contribution in [-0.4, -0.2) is 28.0 Å². The van der Waals surface area contributed by atoms with E-state index in [0.29, 0.717) is 17.2 Å². The lowest BCUT2D eigenvalue weighted by molar-refractivity contribution is 0.284. The molecule has 25 heavy (non-hydrogen) atoms. The minimum Gasteiger partial charge on any atom is -0.307 e. The summed E-state index contributed by atoms with van der Waals surface area (Å²) in [4.78, 5) is 22.3. The Bertz CT molecular complexity index is 792. The van der Waals surface area contributed by atoms with Gasteiger partial charge in [0.1, 0.15) is 5.82 Å². The molecule has 1 aliphatic heterocycles. The molecule has 0 unspecified atom stereocenters. The lowest BCUT2D eigenvalue weighted by Crippen LogP contribution is -2.23. The summed E-state index contributed by atoms with van der Waals surface area (Å²) in [6.07, 6.45) is 2.05. The molecule has 4 heteroatoms. The number of likely N-dealkylation sites (tertiary alicyclic amines) is 1. The predicted octanol–water partition coefficient (Wildman–Crippen LogP) is 3.87. The molecule has 3 rings (SSSR count). The maximum absolute atomic E-state index is 12.1. The summed E-state index contributed by atoms with van der Waals surface area (Å²) in [7, 11) is 0. The van der Waals surface area contributed by atoms with Crippen molar-refractivity contribution >= 4 is 0 Å². The monoisotopic (exact) mass is 339 g/mol. The van der Waals surface area contributed by atoms with Gasteiger partial charge in [0.2, 0.25) is 0 Å². The number of nitrogens with zero attached hydrogens (tertiary/aromatic N) is 2. The molecule has 0 bridgehead atoms. The topological polar surface area (TPSA) is 49.0 Å². The molecule has 1 aliphatic rings. The van der Waals surface area contributed by atoms with E-state index in [-0.39, 0.29) is 5.56 Å². The lowest BCUT2D eigenvalue weighted by Gasteiger charge is -2.21. The molecule has 1 fully saturated rings. The zero-order chi connectivity index (χ0) is 18.0. The normalized spacial score (nSPS) is 17.3. The fraction of sp³-hybridized carbons (Fsp3) is 0.524. The van der Waals surface area contributed by atoms with Gasteiger partial charge in [0.25, 0.3) is 5.56 Å². The third-order valence-corrected chi connectivity index (χ3v) is 4.83.